The summed E-state index contributed by atoms with van der Waals surface area (Å²) < 4.78 is 5.50. The summed E-state index contributed by atoms with van der Waals surface area (Å²) in [4.78, 5) is 52.2. The maximum absolute atomic E-state index is 13.4. The third-order valence-corrected chi connectivity index (χ3v) is 7.55. The lowest BCUT2D eigenvalue weighted by atomic mass is 10.1. The SMILES string of the molecule is CCOc1ccc(/C=C(/NC(=O)c2ccccc2)C(=O)Nc2cccc(SCC(=O)NC3=NN(c4ccccc4)C(=O)C3)c2)cc1. The molecule has 0 saturated heterocycles. The Kier molecular flexibility index (Phi) is 10.6. The van der Waals surface area contributed by atoms with Gasteiger partial charge in [0, 0.05) is 16.1 Å². The number of benzene rings is 4. The third kappa shape index (κ3) is 8.70. The third-order valence-electron chi connectivity index (χ3n) is 6.55. The van der Waals surface area contributed by atoms with Gasteiger partial charge in [0.05, 0.1) is 24.5 Å². The first-order valence-corrected chi connectivity index (χ1v) is 15.5. The van der Waals surface area contributed by atoms with Crippen LogP contribution in [-0.2, 0) is 14.4 Å². The Balaban J connectivity index is 1.23. The second-order valence-corrected chi connectivity index (χ2v) is 11.0. The van der Waals surface area contributed by atoms with Gasteiger partial charge in [0.2, 0.25) is 5.91 Å². The van der Waals surface area contributed by atoms with Crippen LogP contribution < -0.4 is 25.7 Å². The molecule has 0 bridgehead atoms. The van der Waals surface area contributed by atoms with Gasteiger partial charge in [0.15, 0.2) is 0 Å². The maximum atomic E-state index is 13.4. The van der Waals surface area contributed by atoms with Crippen molar-refractivity contribution in [2.45, 2.75) is 18.2 Å². The van der Waals surface area contributed by atoms with Crippen LogP contribution in [0.25, 0.3) is 6.08 Å². The van der Waals surface area contributed by atoms with Crippen molar-refractivity contribution in [3.8, 4) is 5.75 Å². The first kappa shape index (κ1) is 31.7. The fraction of sp³-hybridized carbons (Fsp3) is 0.114. The molecule has 11 heteroatoms. The summed E-state index contributed by atoms with van der Waals surface area (Å²) in [5.74, 6) is -0.454. The first-order valence-electron chi connectivity index (χ1n) is 14.5. The molecule has 0 unspecified atom stereocenters. The number of carbonyl (C=O) groups excluding carboxylic acids is 4. The number of amides is 4. The molecule has 5 rings (SSSR count). The van der Waals surface area contributed by atoms with E-state index in [0.717, 1.165) is 4.90 Å². The highest BCUT2D eigenvalue weighted by Crippen LogP contribution is 2.23. The maximum Gasteiger partial charge on any atom is 0.272 e. The molecule has 1 aliphatic heterocycles. The number of hydrogen-bond donors (Lipinski definition) is 3. The summed E-state index contributed by atoms with van der Waals surface area (Å²) in [6.45, 7) is 2.42. The van der Waals surface area contributed by atoms with E-state index in [4.69, 9.17) is 4.74 Å². The number of ether oxygens (including phenoxy) is 1. The molecule has 232 valence electrons. The van der Waals surface area contributed by atoms with Crippen molar-refractivity contribution in [2.75, 3.05) is 22.7 Å². The van der Waals surface area contributed by atoms with Crippen LogP contribution in [0, 0.1) is 0 Å². The number of hydrazone groups is 1. The monoisotopic (exact) mass is 633 g/mol. The summed E-state index contributed by atoms with van der Waals surface area (Å²) in [6, 6.07) is 31.8. The highest BCUT2D eigenvalue weighted by Gasteiger charge is 2.26. The van der Waals surface area contributed by atoms with Crippen LogP contribution >= 0.6 is 11.8 Å². The highest BCUT2D eigenvalue weighted by molar-refractivity contribution is 8.00. The molecule has 0 fully saturated rings. The predicted molar refractivity (Wildman–Crippen MR) is 179 cm³/mol. The number of anilines is 2. The molecule has 0 aliphatic carbocycles. The van der Waals surface area contributed by atoms with Crippen LogP contribution in [-0.4, -0.2) is 41.8 Å². The number of nitrogens with zero attached hydrogens (tertiary/aromatic N) is 2. The number of thioether (sulfide) groups is 1. The molecule has 4 aromatic rings. The predicted octanol–water partition coefficient (Wildman–Crippen LogP) is 5.45. The number of para-hydroxylation sites is 1. The zero-order valence-electron chi connectivity index (χ0n) is 24.9. The molecule has 0 saturated carbocycles. The van der Waals surface area contributed by atoms with E-state index in [0.29, 0.717) is 34.9 Å². The van der Waals surface area contributed by atoms with E-state index in [2.05, 4.69) is 21.1 Å². The van der Waals surface area contributed by atoms with Crippen molar-refractivity contribution in [2.24, 2.45) is 5.10 Å². The molecule has 1 aliphatic rings. The molecular formula is C35H31N5O5S. The largest absolute Gasteiger partial charge is 0.494 e. The lowest BCUT2D eigenvalue weighted by Crippen LogP contribution is -2.31. The van der Waals surface area contributed by atoms with Crippen molar-refractivity contribution in [1.29, 1.82) is 0 Å². The van der Waals surface area contributed by atoms with Gasteiger partial charge in [-0.15, -0.1) is 11.8 Å². The van der Waals surface area contributed by atoms with Crippen LogP contribution in [0.5, 0.6) is 5.75 Å². The molecule has 46 heavy (non-hydrogen) atoms. The average molecular weight is 634 g/mol. The smallest absolute Gasteiger partial charge is 0.272 e. The summed E-state index contributed by atoms with van der Waals surface area (Å²) in [6.07, 6.45) is 1.59. The van der Waals surface area contributed by atoms with Gasteiger partial charge in [0.1, 0.15) is 17.3 Å². The topological polar surface area (TPSA) is 129 Å². The van der Waals surface area contributed by atoms with Crippen molar-refractivity contribution < 1.29 is 23.9 Å². The molecular weight excluding hydrogens is 602 g/mol. The van der Waals surface area contributed by atoms with Gasteiger partial charge < -0.3 is 20.7 Å². The van der Waals surface area contributed by atoms with Crippen LogP contribution in [0.15, 0.2) is 125 Å². The van der Waals surface area contributed by atoms with Gasteiger partial charge in [-0.25, -0.2) is 0 Å². The van der Waals surface area contributed by atoms with Crippen LogP contribution in [0.1, 0.15) is 29.3 Å². The van der Waals surface area contributed by atoms with Crippen LogP contribution in [0.2, 0.25) is 0 Å². The second kappa shape index (κ2) is 15.4. The number of rotatable bonds is 11. The van der Waals surface area contributed by atoms with E-state index in [1.807, 2.05) is 31.2 Å². The minimum atomic E-state index is -0.523. The summed E-state index contributed by atoms with van der Waals surface area (Å²) >= 11 is 1.26. The van der Waals surface area contributed by atoms with Gasteiger partial charge >= 0.3 is 0 Å². The molecule has 10 nitrogen and oxygen atoms in total. The first-order chi connectivity index (χ1) is 22.4. The van der Waals surface area contributed by atoms with Crippen molar-refractivity contribution in [1.82, 2.24) is 10.6 Å². The van der Waals surface area contributed by atoms with E-state index in [-0.39, 0.29) is 35.5 Å². The average Bonchev–Trinajstić information content (AvgIpc) is 3.44. The van der Waals surface area contributed by atoms with E-state index < -0.39 is 11.8 Å². The zero-order valence-corrected chi connectivity index (χ0v) is 25.8. The Morgan fingerprint density at radius 1 is 0.891 bits per heavy atom. The zero-order chi connectivity index (χ0) is 32.3. The number of carbonyl (C=O) groups is 4. The number of nitrogens with one attached hydrogen (secondary N) is 3. The Hall–Kier alpha value is -5.68. The van der Waals surface area contributed by atoms with E-state index >= 15 is 0 Å². The van der Waals surface area contributed by atoms with Crippen molar-refractivity contribution >= 4 is 58.7 Å². The number of hydrogen-bond acceptors (Lipinski definition) is 7. The Morgan fingerprint density at radius 3 is 2.33 bits per heavy atom. The summed E-state index contributed by atoms with van der Waals surface area (Å²) in [5, 5.41) is 13.8. The Morgan fingerprint density at radius 2 is 1.61 bits per heavy atom. The van der Waals surface area contributed by atoms with E-state index in [1.54, 1.807) is 91.0 Å². The molecule has 0 radical (unpaired) electrons. The summed E-state index contributed by atoms with van der Waals surface area (Å²) in [5.41, 5.74) is 2.25. The molecule has 0 spiro atoms. The van der Waals surface area contributed by atoms with Gasteiger partial charge in [-0.3, -0.25) is 19.2 Å². The van der Waals surface area contributed by atoms with Gasteiger partial charge in [-0.2, -0.15) is 10.1 Å². The van der Waals surface area contributed by atoms with Crippen molar-refractivity contribution in [3.63, 3.8) is 0 Å². The second-order valence-electron chi connectivity index (χ2n) is 9.96. The van der Waals surface area contributed by atoms with E-state index in [1.165, 1.54) is 16.8 Å². The normalized spacial score (nSPS) is 12.7. The molecule has 4 amide bonds. The van der Waals surface area contributed by atoms with Crippen molar-refractivity contribution in [3.05, 3.63) is 126 Å². The summed E-state index contributed by atoms with van der Waals surface area (Å²) in [7, 11) is 0. The molecule has 4 aromatic carbocycles. The van der Waals surface area contributed by atoms with E-state index in [9.17, 15) is 19.2 Å². The Bertz CT molecular complexity index is 1780. The highest BCUT2D eigenvalue weighted by atomic mass is 32.2. The minimum absolute atomic E-state index is 0.000140. The van der Waals surface area contributed by atoms with Gasteiger partial charge in [-0.1, -0.05) is 54.6 Å². The lowest BCUT2D eigenvalue weighted by molar-refractivity contribution is -0.117. The standard InChI is InChI=1S/C35H31N5O5S/c1-2-45-28-18-16-24(17-19-28)20-30(37-34(43)25-10-5-3-6-11-25)35(44)36-26-12-9-15-29(21-26)46-23-32(41)38-31-22-33(42)40(39-31)27-13-7-4-8-14-27/h3-21H,2,22-23H2,1H3,(H,36,44)(H,37,43)(H,38,39,41)/b30-20+. The van der Waals surface area contributed by atoms with Crippen LogP contribution in [0.3, 0.4) is 0 Å². The number of amidine groups is 1. The molecule has 0 atom stereocenters. The van der Waals surface area contributed by atoms with Gasteiger partial charge in [0.25, 0.3) is 17.7 Å². The molecule has 0 aromatic heterocycles. The van der Waals surface area contributed by atoms with Crippen LogP contribution in [0.4, 0.5) is 11.4 Å². The Labute approximate surface area is 270 Å². The quantitative estimate of drug-likeness (QED) is 0.149. The fourth-order valence-electron chi connectivity index (χ4n) is 4.41. The fourth-order valence-corrected chi connectivity index (χ4v) is 5.17. The molecule has 1 heterocycles. The lowest BCUT2D eigenvalue weighted by Gasteiger charge is -2.12. The molecule has 3 N–H and O–H groups in total. The minimum Gasteiger partial charge on any atom is -0.494 e. The van der Waals surface area contributed by atoms with Gasteiger partial charge in [-0.05, 0) is 73.2 Å².